The highest BCUT2D eigenvalue weighted by Crippen LogP contribution is 2.68. The van der Waals surface area contributed by atoms with Gasteiger partial charge in [0.2, 0.25) is 17.3 Å². The molecule has 1 aliphatic carbocycles. The maximum absolute atomic E-state index is 13.2. The molecule has 0 unspecified atom stereocenters. The zero-order valence-corrected chi connectivity index (χ0v) is 16.5. The van der Waals surface area contributed by atoms with Crippen LogP contribution >= 0.6 is 0 Å². The van der Waals surface area contributed by atoms with Gasteiger partial charge in [-0.2, -0.15) is 0 Å². The molecule has 4 atom stereocenters. The first-order valence-electron chi connectivity index (χ1n) is 9.99. The Morgan fingerprint density at radius 2 is 2.07 bits per heavy atom. The lowest BCUT2D eigenvalue weighted by atomic mass is 9.95. The number of amides is 2. The predicted octanol–water partition coefficient (Wildman–Crippen LogP) is 1.58. The monoisotopic (exact) mass is 406 g/mol. The van der Waals surface area contributed by atoms with Crippen LogP contribution in [0.2, 0.25) is 0 Å². The Bertz CT molecular complexity index is 1110. The average molecular weight is 406 g/mol. The van der Waals surface area contributed by atoms with Crippen LogP contribution in [0.1, 0.15) is 29.0 Å². The van der Waals surface area contributed by atoms with Crippen LogP contribution in [0, 0.1) is 11.3 Å². The average Bonchev–Trinajstić information content (AvgIpc) is 3.01. The summed E-state index contributed by atoms with van der Waals surface area (Å²) in [4.78, 5) is 30.4. The molecule has 2 fully saturated rings. The zero-order chi connectivity index (χ0) is 20.9. The van der Waals surface area contributed by atoms with E-state index in [0.29, 0.717) is 24.1 Å². The van der Waals surface area contributed by atoms with Crippen LogP contribution < -0.4 is 5.32 Å². The van der Waals surface area contributed by atoms with Gasteiger partial charge in [0.25, 0.3) is 5.91 Å². The highest BCUT2D eigenvalue weighted by Gasteiger charge is 2.71. The minimum atomic E-state index is -0.697. The van der Waals surface area contributed by atoms with Crippen LogP contribution in [0.4, 0.5) is 0 Å². The predicted molar refractivity (Wildman–Crippen MR) is 108 cm³/mol. The fourth-order valence-corrected chi connectivity index (χ4v) is 5.09. The van der Waals surface area contributed by atoms with Crippen LogP contribution in [0.15, 0.2) is 53.2 Å². The number of fused-ring (bicyclic) bond motifs is 1. The third-order valence-corrected chi connectivity index (χ3v) is 6.51. The van der Waals surface area contributed by atoms with Crippen LogP contribution in [-0.2, 0) is 4.79 Å². The minimum absolute atomic E-state index is 0.0461. The molecule has 2 aliphatic rings. The number of aliphatic hydroxyl groups excluding tert-OH is 1. The highest BCUT2D eigenvalue weighted by atomic mass is 16.5. The van der Waals surface area contributed by atoms with E-state index in [2.05, 4.69) is 15.5 Å². The lowest BCUT2D eigenvalue weighted by molar-refractivity contribution is -0.119. The van der Waals surface area contributed by atoms with E-state index in [1.165, 1.54) is 6.92 Å². The fraction of sp³-hybridized carbons (Fsp3) is 0.364. The molecule has 1 spiro atoms. The maximum Gasteiger partial charge on any atom is 0.293 e. The second-order valence-electron chi connectivity index (χ2n) is 8.13. The molecule has 3 aromatic rings. The summed E-state index contributed by atoms with van der Waals surface area (Å²) < 4.78 is 5.29. The number of hydrogen-bond donors (Lipinski definition) is 2. The number of nitrogens with zero attached hydrogens (tertiary/aromatic N) is 3. The van der Waals surface area contributed by atoms with Gasteiger partial charge in [0.15, 0.2) is 0 Å². The summed E-state index contributed by atoms with van der Waals surface area (Å²) in [6.07, 6.45) is 0.896. The van der Waals surface area contributed by atoms with Gasteiger partial charge in [-0.1, -0.05) is 35.5 Å². The van der Waals surface area contributed by atoms with E-state index in [1.807, 2.05) is 30.3 Å². The van der Waals surface area contributed by atoms with Crippen LogP contribution in [-0.4, -0.2) is 57.7 Å². The number of β-amino-alcohol motifs (C(OH)–C–C–N with tert-alkyl or cyclic N) is 1. The van der Waals surface area contributed by atoms with Gasteiger partial charge in [0.1, 0.15) is 0 Å². The standard InChI is InChI=1S/C22H22N4O4/c1-13(27)24-10-16-18(14-6-3-2-4-7-14)22(16)12-26(11-17(22)28)21(29)19-15-8-5-9-23-20(15)25-30-19/h2-9,16-18,28H,10-12H2,1H3,(H,24,27)/t16-,17-,18-,22-/m1/s1. The van der Waals surface area contributed by atoms with Crippen LogP contribution in [0.3, 0.4) is 0 Å². The normalized spacial score (nSPS) is 27.5. The SMILES string of the molecule is CC(=O)NC[C@@H]1[C@@H](c2ccccc2)[C@]12CN(C(=O)c1onc3ncccc13)C[C@H]2O. The molecule has 0 radical (unpaired) electrons. The number of pyridine rings is 1. The van der Waals surface area contributed by atoms with Crippen molar-refractivity contribution in [1.82, 2.24) is 20.4 Å². The molecule has 5 rings (SSSR count). The summed E-state index contributed by atoms with van der Waals surface area (Å²) in [5.74, 6) is -0.169. The number of likely N-dealkylation sites (tertiary alicyclic amines) is 1. The molecule has 3 heterocycles. The number of rotatable bonds is 4. The van der Waals surface area contributed by atoms with Crippen molar-refractivity contribution in [3.05, 3.63) is 60.0 Å². The number of aromatic nitrogens is 2. The summed E-state index contributed by atoms with van der Waals surface area (Å²) in [6, 6.07) is 13.4. The molecule has 1 saturated carbocycles. The summed E-state index contributed by atoms with van der Waals surface area (Å²) in [5.41, 5.74) is 0.996. The molecule has 2 amide bonds. The van der Waals surface area contributed by atoms with E-state index in [0.717, 1.165) is 5.56 Å². The van der Waals surface area contributed by atoms with E-state index in [1.54, 1.807) is 23.2 Å². The lowest BCUT2D eigenvalue weighted by Gasteiger charge is -2.16. The van der Waals surface area contributed by atoms with Crippen molar-refractivity contribution < 1.29 is 19.2 Å². The molecule has 154 valence electrons. The zero-order valence-electron chi connectivity index (χ0n) is 16.5. The van der Waals surface area contributed by atoms with Crippen molar-refractivity contribution in [3.63, 3.8) is 0 Å². The smallest absolute Gasteiger partial charge is 0.293 e. The Morgan fingerprint density at radius 1 is 1.27 bits per heavy atom. The summed E-state index contributed by atoms with van der Waals surface area (Å²) in [7, 11) is 0. The van der Waals surface area contributed by atoms with Crippen molar-refractivity contribution in [2.24, 2.45) is 11.3 Å². The molecule has 8 nitrogen and oxygen atoms in total. The van der Waals surface area contributed by atoms with Gasteiger partial charge in [-0.15, -0.1) is 0 Å². The number of hydrogen-bond acceptors (Lipinski definition) is 6. The number of carbonyl (C=O) groups excluding carboxylic acids is 2. The summed E-state index contributed by atoms with van der Waals surface area (Å²) in [5, 5.41) is 18.4. The van der Waals surface area contributed by atoms with Gasteiger partial charge in [0, 0.05) is 38.2 Å². The topological polar surface area (TPSA) is 109 Å². The van der Waals surface area contributed by atoms with Crippen molar-refractivity contribution in [1.29, 1.82) is 0 Å². The number of nitrogens with one attached hydrogen (secondary N) is 1. The van der Waals surface area contributed by atoms with Crippen molar-refractivity contribution in [2.75, 3.05) is 19.6 Å². The van der Waals surface area contributed by atoms with E-state index in [9.17, 15) is 14.7 Å². The van der Waals surface area contributed by atoms with Crippen LogP contribution in [0.25, 0.3) is 11.0 Å². The third-order valence-electron chi connectivity index (χ3n) is 6.51. The first-order chi connectivity index (χ1) is 14.5. The molecule has 0 bridgehead atoms. The molecule has 2 N–H and O–H groups in total. The van der Waals surface area contributed by atoms with Gasteiger partial charge in [-0.3, -0.25) is 9.59 Å². The lowest BCUT2D eigenvalue weighted by Crippen LogP contribution is -2.30. The Hall–Kier alpha value is -3.26. The number of aliphatic hydroxyl groups is 1. The second-order valence-corrected chi connectivity index (χ2v) is 8.13. The Kier molecular flexibility index (Phi) is 4.32. The van der Waals surface area contributed by atoms with Gasteiger partial charge in [-0.25, -0.2) is 4.98 Å². The van der Waals surface area contributed by atoms with E-state index in [-0.39, 0.29) is 36.0 Å². The van der Waals surface area contributed by atoms with Gasteiger partial charge < -0.3 is 19.8 Å². The molecule has 1 aliphatic heterocycles. The third kappa shape index (κ3) is 2.79. The first-order valence-corrected chi connectivity index (χ1v) is 9.99. The van der Waals surface area contributed by atoms with Gasteiger partial charge in [-0.05, 0) is 29.5 Å². The Morgan fingerprint density at radius 3 is 2.83 bits per heavy atom. The highest BCUT2D eigenvalue weighted by molar-refractivity contribution is 6.02. The minimum Gasteiger partial charge on any atom is -0.391 e. The fourth-order valence-electron chi connectivity index (χ4n) is 5.09. The van der Waals surface area contributed by atoms with Crippen LogP contribution in [0.5, 0.6) is 0 Å². The number of carbonyl (C=O) groups is 2. The largest absolute Gasteiger partial charge is 0.391 e. The van der Waals surface area contributed by atoms with Gasteiger partial charge >= 0.3 is 0 Å². The number of benzene rings is 1. The first kappa shape index (κ1) is 18.7. The molecule has 2 aromatic heterocycles. The van der Waals surface area contributed by atoms with Crippen molar-refractivity contribution >= 4 is 22.8 Å². The van der Waals surface area contributed by atoms with Gasteiger partial charge in [0.05, 0.1) is 11.5 Å². The molecule has 8 heteroatoms. The molecular formula is C22H22N4O4. The molecule has 1 aromatic carbocycles. The van der Waals surface area contributed by atoms with E-state index < -0.39 is 11.5 Å². The van der Waals surface area contributed by atoms with Crippen molar-refractivity contribution in [2.45, 2.75) is 18.9 Å². The Labute approximate surface area is 172 Å². The molecular weight excluding hydrogens is 384 g/mol. The summed E-state index contributed by atoms with van der Waals surface area (Å²) >= 11 is 0. The second kappa shape index (κ2) is 6.91. The quantitative estimate of drug-likeness (QED) is 0.681. The summed E-state index contributed by atoms with van der Waals surface area (Å²) in [6.45, 7) is 2.54. The Balaban J connectivity index is 1.44. The molecule has 1 saturated heterocycles. The maximum atomic E-state index is 13.2. The molecule has 30 heavy (non-hydrogen) atoms. The van der Waals surface area contributed by atoms with E-state index in [4.69, 9.17) is 4.52 Å². The van der Waals surface area contributed by atoms with E-state index >= 15 is 0 Å². The van der Waals surface area contributed by atoms with Crippen molar-refractivity contribution in [3.8, 4) is 0 Å².